The van der Waals surface area contributed by atoms with E-state index >= 15 is 0 Å². The Morgan fingerprint density at radius 1 is 1.08 bits per heavy atom. The van der Waals surface area contributed by atoms with E-state index in [9.17, 15) is 8.42 Å². The number of H-pyrrole nitrogens is 1. The van der Waals surface area contributed by atoms with Crippen LogP contribution in [0.1, 0.15) is 5.82 Å². The Balaban J connectivity index is 2.05. The second-order valence-corrected chi connectivity index (χ2v) is 7.56. The number of hydrogen-bond acceptors (Lipinski definition) is 7. The molecule has 0 spiro atoms. The third-order valence-electron chi connectivity index (χ3n) is 3.88. The average molecular weight is 355 g/mol. The lowest BCUT2D eigenvalue weighted by Gasteiger charge is -2.11. The van der Waals surface area contributed by atoms with E-state index in [-0.39, 0.29) is 10.7 Å². The molecule has 9 nitrogen and oxygen atoms in total. The molecule has 0 atom stereocenters. The second kappa shape index (κ2) is 5.45. The van der Waals surface area contributed by atoms with Crippen molar-refractivity contribution in [3.63, 3.8) is 0 Å². The number of rotatable bonds is 3. The normalized spacial score (nSPS) is 11.9. The molecule has 0 aliphatic heterocycles. The summed E-state index contributed by atoms with van der Waals surface area (Å²) in [5.41, 5.74) is 2.59. The molecule has 0 unspecified atom stereocenters. The fraction of sp³-hybridized carbons (Fsp3) is 0.133. The highest BCUT2D eigenvalue weighted by Crippen LogP contribution is 2.35. The number of pyridine rings is 1. The molecule has 0 fully saturated rings. The maximum atomic E-state index is 12.2. The molecule has 10 heteroatoms. The van der Waals surface area contributed by atoms with Gasteiger partial charge in [-0.1, -0.05) is 12.1 Å². The first-order valence-corrected chi connectivity index (χ1v) is 9.23. The van der Waals surface area contributed by atoms with Crippen molar-refractivity contribution in [2.75, 3.05) is 6.26 Å². The number of hydrogen-bond donors (Lipinski definition) is 1. The fourth-order valence-electron chi connectivity index (χ4n) is 2.74. The molecule has 0 aliphatic rings. The minimum Gasteiger partial charge on any atom is -0.286 e. The topological polar surface area (TPSA) is 119 Å². The number of sulfone groups is 1. The summed E-state index contributed by atoms with van der Waals surface area (Å²) >= 11 is 0. The van der Waals surface area contributed by atoms with Crippen LogP contribution in [0.3, 0.4) is 0 Å². The van der Waals surface area contributed by atoms with Crippen molar-refractivity contribution in [1.82, 2.24) is 35.2 Å². The van der Waals surface area contributed by atoms with E-state index in [1.54, 1.807) is 6.07 Å². The highest BCUT2D eigenvalue weighted by molar-refractivity contribution is 7.90. The molecule has 4 aromatic rings. The molecule has 0 radical (unpaired) electrons. The summed E-state index contributed by atoms with van der Waals surface area (Å²) < 4.78 is 26.3. The van der Waals surface area contributed by atoms with Crippen molar-refractivity contribution in [1.29, 1.82) is 0 Å². The highest BCUT2D eigenvalue weighted by atomic mass is 32.2. The van der Waals surface area contributed by atoms with E-state index < -0.39 is 9.84 Å². The Labute approximate surface area is 142 Å². The zero-order chi connectivity index (χ0) is 17.6. The van der Waals surface area contributed by atoms with Crippen LogP contribution in [-0.4, -0.2) is 49.9 Å². The lowest BCUT2D eigenvalue weighted by molar-refractivity contribution is 0.602. The first-order valence-electron chi connectivity index (χ1n) is 7.34. The van der Waals surface area contributed by atoms with Gasteiger partial charge in [-0.2, -0.15) is 5.21 Å². The summed E-state index contributed by atoms with van der Waals surface area (Å²) in [6.45, 7) is 1.84. The Bertz CT molecular complexity index is 1180. The average Bonchev–Trinajstić information content (AvgIpc) is 3.23. The van der Waals surface area contributed by atoms with Crippen LogP contribution in [0.25, 0.3) is 28.2 Å². The summed E-state index contributed by atoms with van der Waals surface area (Å²) in [5.74, 6) is 0.953. The van der Waals surface area contributed by atoms with Crippen molar-refractivity contribution in [3.05, 3.63) is 42.4 Å². The molecule has 25 heavy (non-hydrogen) atoms. The Morgan fingerprint density at radius 2 is 1.92 bits per heavy atom. The number of nitrogens with zero attached hydrogens (tertiary/aromatic N) is 6. The smallest absolute Gasteiger partial charge is 0.206 e. The molecule has 1 aromatic carbocycles. The maximum Gasteiger partial charge on any atom is 0.206 e. The van der Waals surface area contributed by atoms with Gasteiger partial charge in [0.05, 0.1) is 4.90 Å². The van der Waals surface area contributed by atoms with E-state index in [2.05, 4.69) is 30.8 Å². The third kappa shape index (κ3) is 2.56. The van der Waals surface area contributed by atoms with Crippen LogP contribution in [0.15, 0.2) is 41.4 Å². The van der Waals surface area contributed by atoms with Gasteiger partial charge >= 0.3 is 0 Å². The van der Waals surface area contributed by atoms with Crippen molar-refractivity contribution >= 4 is 15.5 Å². The molecule has 4 rings (SSSR count). The molecule has 0 bridgehead atoms. The molecule has 0 amide bonds. The number of aryl methyl sites for hydroxylation is 1. The number of fused-ring (bicyclic) bond motifs is 1. The largest absolute Gasteiger partial charge is 0.286 e. The molecular formula is C15H13N7O2S. The lowest BCUT2D eigenvalue weighted by Crippen LogP contribution is -2.03. The van der Waals surface area contributed by atoms with Gasteiger partial charge in [-0.15, -0.1) is 20.4 Å². The zero-order valence-corrected chi connectivity index (χ0v) is 14.2. The van der Waals surface area contributed by atoms with E-state index in [1.165, 1.54) is 6.07 Å². The monoisotopic (exact) mass is 355 g/mol. The van der Waals surface area contributed by atoms with Crippen LogP contribution in [-0.2, 0) is 9.84 Å². The predicted molar refractivity (Wildman–Crippen MR) is 89.4 cm³/mol. The van der Waals surface area contributed by atoms with Crippen molar-refractivity contribution in [2.45, 2.75) is 11.8 Å². The van der Waals surface area contributed by atoms with Crippen LogP contribution in [0.2, 0.25) is 0 Å². The lowest BCUT2D eigenvalue weighted by atomic mass is 10.0. The molecule has 0 saturated heterocycles. The first-order chi connectivity index (χ1) is 11.9. The summed E-state index contributed by atoms with van der Waals surface area (Å²) in [5, 5.41) is 22.0. The van der Waals surface area contributed by atoms with Gasteiger partial charge in [-0.3, -0.25) is 4.40 Å². The number of nitrogens with one attached hydrogen (secondary N) is 1. The minimum atomic E-state index is -3.48. The summed E-state index contributed by atoms with van der Waals surface area (Å²) in [6, 6.07) is 8.73. The van der Waals surface area contributed by atoms with Crippen molar-refractivity contribution < 1.29 is 8.42 Å². The Hall–Kier alpha value is -3.14. The van der Waals surface area contributed by atoms with Gasteiger partial charge in [0.1, 0.15) is 5.82 Å². The van der Waals surface area contributed by atoms with Crippen molar-refractivity contribution in [2.24, 2.45) is 0 Å². The molecular weight excluding hydrogens is 342 g/mol. The van der Waals surface area contributed by atoms with E-state index in [1.807, 2.05) is 35.7 Å². The summed E-state index contributed by atoms with van der Waals surface area (Å²) in [6.07, 6.45) is 3.01. The first kappa shape index (κ1) is 15.4. The Morgan fingerprint density at radius 3 is 2.64 bits per heavy atom. The molecule has 126 valence electrons. The Kier molecular flexibility index (Phi) is 3.35. The number of tetrazole rings is 1. The van der Waals surface area contributed by atoms with Gasteiger partial charge in [0, 0.05) is 18.0 Å². The van der Waals surface area contributed by atoms with E-state index in [0.29, 0.717) is 16.8 Å². The fourth-order valence-corrected chi connectivity index (χ4v) is 3.64. The molecule has 3 heterocycles. The minimum absolute atomic E-state index is 0.145. The molecule has 0 saturated carbocycles. The second-order valence-electron chi connectivity index (χ2n) is 5.58. The number of aromatic amines is 1. The predicted octanol–water partition coefficient (Wildman–Crippen LogP) is 1.29. The summed E-state index contributed by atoms with van der Waals surface area (Å²) in [4.78, 5) is 0.145. The van der Waals surface area contributed by atoms with Crippen LogP contribution >= 0.6 is 0 Å². The zero-order valence-electron chi connectivity index (χ0n) is 13.4. The molecule has 1 N–H and O–H groups in total. The SMILES string of the molecule is Cc1nnc2ccc(-c3cccc(S(C)(=O)=O)c3-c3nn[nH]n3)cn12. The third-order valence-corrected chi connectivity index (χ3v) is 5.02. The molecule has 0 aliphatic carbocycles. The van der Waals surface area contributed by atoms with Crippen LogP contribution in [0.5, 0.6) is 0 Å². The van der Waals surface area contributed by atoms with Crippen LogP contribution < -0.4 is 0 Å². The van der Waals surface area contributed by atoms with Gasteiger partial charge in [-0.25, -0.2) is 8.42 Å². The number of benzene rings is 1. The van der Waals surface area contributed by atoms with Crippen LogP contribution in [0, 0.1) is 6.92 Å². The van der Waals surface area contributed by atoms with Gasteiger partial charge in [0.15, 0.2) is 15.5 Å². The van der Waals surface area contributed by atoms with E-state index in [4.69, 9.17) is 0 Å². The quantitative estimate of drug-likeness (QED) is 0.588. The van der Waals surface area contributed by atoms with Crippen molar-refractivity contribution in [3.8, 4) is 22.5 Å². The van der Waals surface area contributed by atoms with Gasteiger partial charge < -0.3 is 0 Å². The van der Waals surface area contributed by atoms with E-state index in [0.717, 1.165) is 17.6 Å². The maximum absolute atomic E-state index is 12.2. The summed E-state index contributed by atoms with van der Waals surface area (Å²) in [7, 11) is -3.48. The highest BCUT2D eigenvalue weighted by Gasteiger charge is 2.22. The standard InChI is InChI=1S/C15H13N7O2S/c1-9-16-17-13-7-6-10(8-22(9)13)11-4-3-5-12(25(2,23)24)14(11)15-18-20-21-19-15/h3-8H,1-2H3,(H,18,19,20,21). The molecule has 3 aromatic heterocycles. The van der Waals surface area contributed by atoms with Gasteiger partial charge in [0.25, 0.3) is 0 Å². The van der Waals surface area contributed by atoms with Gasteiger partial charge in [0.2, 0.25) is 5.82 Å². The number of aromatic nitrogens is 7. The van der Waals surface area contributed by atoms with Crippen LogP contribution in [0.4, 0.5) is 0 Å². The van der Waals surface area contributed by atoms with Gasteiger partial charge in [-0.05, 0) is 41.5 Å².